The Morgan fingerprint density at radius 1 is 0.735 bits per heavy atom. The molecule has 0 aromatic heterocycles. The first-order valence-electron chi connectivity index (χ1n) is 13.4. The SMILES string of the molecule is C=C(CCCCCCC)C1(C(=C)CCCCCCC)c2cc(I)ccc2-c2ccc(CS)cc21. The van der Waals surface area contributed by atoms with Crippen molar-refractivity contribution in [2.24, 2.45) is 0 Å². The van der Waals surface area contributed by atoms with Crippen molar-refractivity contribution < 1.29 is 0 Å². The van der Waals surface area contributed by atoms with Crippen molar-refractivity contribution in [3.8, 4) is 11.1 Å². The van der Waals surface area contributed by atoms with Crippen LogP contribution < -0.4 is 0 Å². The van der Waals surface area contributed by atoms with E-state index in [0.717, 1.165) is 18.6 Å². The van der Waals surface area contributed by atoms with Gasteiger partial charge in [-0.1, -0.05) is 114 Å². The molecule has 0 spiro atoms. The fraction of sp³-hybridized carbons (Fsp3) is 0.500. The Hall–Kier alpha value is -1.00. The monoisotopic (exact) mass is 586 g/mol. The lowest BCUT2D eigenvalue weighted by atomic mass is 9.65. The third-order valence-corrected chi connectivity index (χ3v) is 8.61. The number of rotatable bonds is 15. The number of allylic oxidation sites excluding steroid dienone is 2. The molecule has 0 saturated heterocycles. The maximum absolute atomic E-state index is 4.81. The molecular weight excluding hydrogens is 543 g/mol. The van der Waals surface area contributed by atoms with Crippen LogP contribution in [0.25, 0.3) is 11.1 Å². The highest BCUT2D eigenvalue weighted by Crippen LogP contribution is 2.58. The predicted molar refractivity (Wildman–Crippen MR) is 163 cm³/mol. The Labute approximate surface area is 228 Å². The van der Waals surface area contributed by atoms with Gasteiger partial charge in [-0.3, -0.25) is 0 Å². The summed E-state index contributed by atoms with van der Waals surface area (Å²) >= 11 is 7.09. The quantitative estimate of drug-likeness (QED) is 0.0913. The van der Waals surface area contributed by atoms with E-state index in [1.807, 2.05) is 0 Å². The molecule has 0 bridgehead atoms. The van der Waals surface area contributed by atoms with Crippen molar-refractivity contribution >= 4 is 35.2 Å². The summed E-state index contributed by atoms with van der Waals surface area (Å²) in [5.41, 5.74) is 9.19. The van der Waals surface area contributed by atoms with Gasteiger partial charge in [0.25, 0.3) is 0 Å². The molecule has 0 N–H and O–H groups in total. The van der Waals surface area contributed by atoms with Gasteiger partial charge in [0, 0.05) is 9.32 Å². The maximum atomic E-state index is 4.81. The molecule has 0 unspecified atom stereocenters. The van der Waals surface area contributed by atoms with Gasteiger partial charge in [-0.15, -0.1) is 0 Å². The van der Waals surface area contributed by atoms with E-state index in [1.54, 1.807) is 0 Å². The zero-order chi connectivity index (χ0) is 24.6. The molecular formula is C32H43IS. The van der Waals surface area contributed by atoms with Gasteiger partial charge in [0.1, 0.15) is 0 Å². The Balaban J connectivity index is 2.04. The van der Waals surface area contributed by atoms with E-state index in [-0.39, 0.29) is 5.41 Å². The number of hydrogen-bond acceptors (Lipinski definition) is 1. The topological polar surface area (TPSA) is 0 Å². The number of thiol groups is 1. The van der Waals surface area contributed by atoms with Gasteiger partial charge in [0.05, 0.1) is 5.41 Å². The van der Waals surface area contributed by atoms with E-state index in [2.05, 4.69) is 85.5 Å². The van der Waals surface area contributed by atoms with Crippen LogP contribution in [0.2, 0.25) is 0 Å². The van der Waals surface area contributed by atoms with Crippen molar-refractivity contribution in [1.82, 2.24) is 0 Å². The molecule has 2 aromatic carbocycles. The lowest BCUT2D eigenvalue weighted by Crippen LogP contribution is -2.30. The average Bonchev–Trinajstić information content (AvgIpc) is 3.13. The molecule has 1 aliphatic carbocycles. The van der Waals surface area contributed by atoms with Gasteiger partial charge in [-0.05, 0) is 88.2 Å². The first-order valence-corrected chi connectivity index (χ1v) is 15.1. The van der Waals surface area contributed by atoms with E-state index in [9.17, 15) is 0 Å². The number of halogens is 1. The van der Waals surface area contributed by atoms with Crippen LogP contribution in [-0.2, 0) is 11.2 Å². The molecule has 0 heterocycles. The van der Waals surface area contributed by atoms with Crippen molar-refractivity contribution in [2.75, 3.05) is 0 Å². The molecule has 2 aromatic rings. The average molecular weight is 587 g/mol. The first-order chi connectivity index (χ1) is 16.5. The molecule has 0 nitrogen and oxygen atoms in total. The zero-order valence-corrected chi connectivity index (χ0v) is 24.4. The van der Waals surface area contributed by atoms with Crippen LogP contribution in [0.5, 0.6) is 0 Å². The van der Waals surface area contributed by atoms with E-state index in [0.29, 0.717) is 0 Å². The standard InChI is InChI=1S/C32H43IS/c1-5-7-9-11-13-15-24(3)32(25(4)16-14-12-10-8-6-2)30-21-26(23-34)17-19-28(30)29-20-18-27(33)22-31(29)32/h17-22,34H,3-16,23H2,1-2H3. The minimum atomic E-state index is -0.277. The third kappa shape index (κ3) is 5.86. The van der Waals surface area contributed by atoms with Crippen LogP contribution in [0, 0.1) is 3.57 Å². The smallest absolute Gasteiger partial charge is 0.0628 e. The summed E-state index contributed by atoms with van der Waals surface area (Å²) in [5, 5.41) is 0. The molecule has 3 rings (SSSR count). The van der Waals surface area contributed by atoms with Crippen LogP contribution >= 0.6 is 35.2 Å². The molecule has 0 aliphatic heterocycles. The van der Waals surface area contributed by atoms with Gasteiger partial charge >= 0.3 is 0 Å². The highest BCUT2D eigenvalue weighted by Gasteiger charge is 2.46. The minimum Gasteiger partial charge on any atom is -0.175 e. The predicted octanol–water partition coefficient (Wildman–Crippen LogP) is 10.8. The molecule has 0 fully saturated rings. The summed E-state index contributed by atoms with van der Waals surface area (Å²) in [6.45, 7) is 14.2. The molecule has 0 radical (unpaired) electrons. The van der Waals surface area contributed by atoms with E-state index in [1.165, 1.54) is 107 Å². The second-order valence-electron chi connectivity index (χ2n) is 10.0. The fourth-order valence-electron chi connectivity index (χ4n) is 5.71. The number of fused-ring (bicyclic) bond motifs is 3. The lowest BCUT2D eigenvalue weighted by Gasteiger charge is -2.37. The second-order valence-corrected chi connectivity index (χ2v) is 11.6. The zero-order valence-electron chi connectivity index (χ0n) is 21.4. The number of unbranched alkanes of at least 4 members (excludes halogenated alkanes) is 8. The largest absolute Gasteiger partial charge is 0.175 e. The second kappa shape index (κ2) is 13.3. The Morgan fingerprint density at radius 2 is 1.24 bits per heavy atom. The number of hydrogen-bond donors (Lipinski definition) is 1. The summed E-state index contributed by atoms with van der Waals surface area (Å²) < 4.78 is 1.29. The van der Waals surface area contributed by atoms with E-state index < -0.39 is 0 Å². The van der Waals surface area contributed by atoms with Crippen LogP contribution in [0.3, 0.4) is 0 Å². The van der Waals surface area contributed by atoms with Crippen molar-refractivity contribution in [3.05, 3.63) is 81.0 Å². The molecule has 0 saturated carbocycles. The summed E-state index contributed by atoms with van der Waals surface area (Å²) in [4.78, 5) is 0. The Bertz CT molecular complexity index is 961. The van der Waals surface area contributed by atoms with Crippen molar-refractivity contribution in [2.45, 2.75) is 102 Å². The lowest BCUT2D eigenvalue weighted by molar-refractivity contribution is 0.572. The summed E-state index contributed by atoms with van der Waals surface area (Å²) in [5.74, 6) is 0.754. The van der Waals surface area contributed by atoms with Crippen LogP contribution in [0.4, 0.5) is 0 Å². The summed E-state index contributed by atoms with van der Waals surface area (Å²) in [6, 6.07) is 13.9. The first kappa shape index (κ1) is 27.6. The van der Waals surface area contributed by atoms with Crippen molar-refractivity contribution in [1.29, 1.82) is 0 Å². The Kier molecular flexibility index (Phi) is 10.8. The van der Waals surface area contributed by atoms with Crippen LogP contribution in [0.15, 0.2) is 60.7 Å². The van der Waals surface area contributed by atoms with E-state index >= 15 is 0 Å². The molecule has 2 heteroatoms. The number of benzene rings is 2. The highest BCUT2D eigenvalue weighted by molar-refractivity contribution is 14.1. The molecule has 0 amide bonds. The molecule has 1 aliphatic rings. The van der Waals surface area contributed by atoms with Gasteiger partial charge in [0.2, 0.25) is 0 Å². The maximum Gasteiger partial charge on any atom is 0.0628 e. The van der Waals surface area contributed by atoms with E-state index in [4.69, 9.17) is 13.2 Å². The van der Waals surface area contributed by atoms with Gasteiger partial charge in [-0.25, -0.2) is 0 Å². The third-order valence-electron chi connectivity index (χ3n) is 7.57. The van der Waals surface area contributed by atoms with Crippen LogP contribution in [-0.4, -0.2) is 0 Å². The van der Waals surface area contributed by atoms with Gasteiger partial charge in [-0.2, -0.15) is 12.6 Å². The Morgan fingerprint density at radius 3 is 1.76 bits per heavy atom. The fourth-order valence-corrected chi connectivity index (χ4v) is 6.40. The van der Waals surface area contributed by atoms with Gasteiger partial charge in [0.15, 0.2) is 0 Å². The minimum absolute atomic E-state index is 0.277. The summed E-state index contributed by atoms with van der Waals surface area (Å²) in [6.07, 6.45) is 15.0. The highest BCUT2D eigenvalue weighted by atomic mass is 127. The normalized spacial score (nSPS) is 13.5. The van der Waals surface area contributed by atoms with Crippen LogP contribution in [0.1, 0.15) is 108 Å². The molecule has 184 valence electrons. The molecule has 0 atom stereocenters. The van der Waals surface area contributed by atoms with Crippen molar-refractivity contribution in [3.63, 3.8) is 0 Å². The molecule has 34 heavy (non-hydrogen) atoms. The van der Waals surface area contributed by atoms with Gasteiger partial charge < -0.3 is 0 Å². The summed E-state index contributed by atoms with van der Waals surface area (Å²) in [7, 11) is 0.